The molecular weight excluding hydrogens is 384 g/mol. The largest absolute Gasteiger partial charge is 0.456 e. The highest BCUT2D eigenvalue weighted by Gasteiger charge is 2.08. The number of anilines is 1. The summed E-state index contributed by atoms with van der Waals surface area (Å²) in [7, 11) is 0. The van der Waals surface area contributed by atoms with Crippen LogP contribution in [0.3, 0.4) is 0 Å². The molecule has 29 heavy (non-hydrogen) atoms. The highest BCUT2D eigenvalue weighted by molar-refractivity contribution is 6.30. The van der Waals surface area contributed by atoms with Gasteiger partial charge in [-0.15, -0.1) is 0 Å². The predicted octanol–water partition coefficient (Wildman–Crippen LogP) is 5.65. The van der Waals surface area contributed by atoms with Crippen LogP contribution in [0.5, 0.6) is 0 Å². The SMILES string of the molecule is CCc1ccc2oc(-c3ccc(Cl)cc3)cc(=NNc3nc(C)cc(C)n3)c2c1. The molecule has 0 saturated heterocycles. The lowest BCUT2D eigenvalue weighted by Crippen LogP contribution is -2.09. The van der Waals surface area contributed by atoms with Crippen molar-refractivity contribution in [1.29, 1.82) is 0 Å². The summed E-state index contributed by atoms with van der Waals surface area (Å²) in [6.45, 7) is 5.99. The third-order valence-electron chi connectivity index (χ3n) is 4.60. The molecular formula is C23H21ClN4O. The molecule has 2 aromatic carbocycles. The van der Waals surface area contributed by atoms with E-state index in [1.54, 1.807) is 0 Å². The molecule has 0 spiro atoms. The third kappa shape index (κ3) is 4.30. The molecule has 5 nitrogen and oxygen atoms in total. The fourth-order valence-corrected chi connectivity index (χ4v) is 3.30. The Morgan fingerprint density at radius 2 is 1.69 bits per heavy atom. The average Bonchev–Trinajstić information content (AvgIpc) is 2.71. The van der Waals surface area contributed by atoms with Crippen LogP contribution in [0.2, 0.25) is 5.02 Å². The van der Waals surface area contributed by atoms with Crippen molar-refractivity contribution in [3.05, 3.63) is 81.9 Å². The lowest BCUT2D eigenvalue weighted by atomic mass is 10.1. The molecule has 4 aromatic rings. The second kappa shape index (κ2) is 8.05. The Balaban J connectivity index is 1.87. The van der Waals surface area contributed by atoms with E-state index in [0.29, 0.717) is 16.7 Å². The molecule has 0 unspecified atom stereocenters. The van der Waals surface area contributed by atoms with Gasteiger partial charge in [-0.1, -0.05) is 24.6 Å². The van der Waals surface area contributed by atoms with Gasteiger partial charge in [-0.25, -0.2) is 15.4 Å². The number of halogens is 1. The average molecular weight is 405 g/mol. The number of hydrogen-bond donors (Lipinski definition) is 1. The summed E-state index contributed by atoms with van der Waals surface area (Å²) in [4.78, 5) is 8.80. The lowest BCUT2D eigenvalue weighted by molar-refractivity contribution is 0.618. The molecule has 0 aliphatic rings. The number of hydrogen-bond acceptors (Lipinski definition) is 5. The minimum atomic E-state index is 0.469. The Bertz CT molecular complexity index is 1230. The molecule has 4 rings (SSSR count). The maximum Gasteiger partial charge on any atom is 0.243 e. The number of aryl methyl sites for hydroxylation is 3. The molecule has 0 radical (unpaired) electrons. The Morgan fingerprint density at radius 1 is 0.966 bits per heavy atom. The van der Waals surface area contributed by atoms with E-state index in [4.69, 9.17) is 16.0 Å². The van der Waals surface area contributed by atoms with E-state index in [9.17, 15) is 0 Å². The van der Waals surface area contributed by atoms with Crippen molar-refractivity contribution in [2.45, 2.75) is 27.2 Å². The van der Waals surface area contributed by atoms with Crippen LogP contribution in [0.1, 0.15) is 23.9 Å². The van der Waals surface area contributed by atoms with Gasteiger partial charge >= 0.3 is 0 Å². The molecule has 0 amide bonds. The molecule has 0 fully saturated rings. The zero-order chi connectivity index (χ0) is 20.4. The van der Waals surface area contributed by atoms with E-state index in [0.717, 1.165) is 39.7 Å². The fraction of sp³-hybridized carbons (Fsp3) is 0.174. The van der Waals surface area contributed by atoms with Gasteiger partial charge in [-0.05, 0) is 68.3 Å². The minimum Gasteiger partial charge on any atom is -0.456 e. The van der Waals surface area contributed by atoms with Gasteiger partial charge in [0.15, 0.2) is 0 Å². The minimum absolute atomic E-state index is 0.469. The molecule has 0 aliphatic carbocycles. The number of nitrogens with zero attached hydrogens (tertiary/aromatic N) is 3. The van der Waals surface area contributed by atoms with Gasteiger partial charge in [0.25, 0.3) is 0 Å². The van der Waals surface area contributed by atoms with Crippen LogP contribution in [-0.4, -0.2) is 9.97 Å². The normalized spacial score (nSPS) is 11.8. The summed E-state index contributed by atoms with van der Waals surface area (Å²) in [5.41, 5.74) is 7.68. The molecule has 6 heteroatoms. The topological polar surface area (TPSA) is 63.3 Å². The van der Waals surface area contributed by atoms with Gasteiger partial charge in [0.05, 0.1) is 5.36 Å². The van der Waals surface area contributed by atoms with Crippen LogP contribution < -0.4 is 10.8 Å². The van der Waals surface area contributed by atoms with E-state index in [-0.39, 0.29) is 0 Å². The first-order chi connectivity index (χ1) is 14.0. The highest BCUT2D eigenvalue weighted by atomic mass is 35.5. The van der Waals surface area contributed by atoms with Crippen molar-refractivity contribution < 1.29 is 4.42 Å². The molecule has 2 heterocycles. The number of aromatic nitrogens is 2. The van der Waals surface area contributed by atoms with E-state index in [1.807, 2.05) is 56.3 Å². The summed E-state index contributed by atoms with van der Waals surface area (Å²) in [5, 5.41) is 6.97. The first kappa shape index (κ1) is 19.2. The van der Waals surface area contributed by atoms with Crippen LogP contribution in [-0.2, 0) is 6.42 Å². The van der Waals surface area contributed by atoms with Crippen LogP contribution in [0.25, 0.3) is 22.3 Å². The van der Waals surface area contributed by atoms with E-state index < -0.39 is 0 Å². The van der Waals surface area contributed by atoms with Crippen molar-refractivity contribution in [3.63, 3.8) is 0 Å². The van der Waals surface area contributed by atoms with Gasteiger partial charge < -0.3 is 4.42 Å². The second-order valence-electron chi connectivity index (χ2n) is 6.88. The first-order valence-electron chi connectivity index (χ1n) is 9.46. The number of nitrogens with one attached hydrogen (secondary N) is 1. The summed E-state index contributed by atoms with van der Waals surface area (Å²) >= 11 is 6.03. The maximum atomic E-state index is 6.16. The molecule has 146 valence electrons. The summed E-state index contributed by atoms with van der Waals surface area (Å²) in [5.74, 6) is 1.18. The van der Waals surface area contributed by atoms with Crippen molar-refractivity contribution in [2.24, 2.45) is 5.10 Å². The van der Waals surface area contributed by atoms with Crippen molar-refractivity contribution in [1.82, 2.24) is 9.97 Å². The monoisotopic (exact) mass is 404 g/mol. The molecule has 0 saturated carbocycles. The van der Waals surface area contributed by atoms with Crippen molar-refractivity contribution in [3.8, 4) is 11.3 Å². The summed E-state index contributed by atoms with van der Waals surface area (Å²) in [6.07, 6.45) is 0.932. The maximum absolute atomic E-state index is 6.16. The summed E-state index contributed by atoms with van der Waals surface area (Å²) in [6, 6.07) is 17.5. The van der Waals surface area contributed by atoms with Gasteiger partial charge in [0.1, 0.15) is 11.3 Å². The zero-order valence-corrected chi connectivity index (χ0v) is 17.3. The Hall–Kier alpha value is -3.18. The second-order valence-corrected chi connectivity index (χ2v) is 7.32. The van der Waals surface area contributed by atoms with Gasteiger partial charge in [-0.2, -0.15) is 5.10 Å². The van der Waals surface area contributed by atoms with Gasteiger partial charge in [0.2, 0.25) is 5.95 Å². The van der Waals surface area contributed by atoms with E-state index >= 15 is 0 Å². The summed E-state index contributed by atoms with van der Waals surface area (Å²) < 4.78 is 6.16. The number of benzene rings is 2. The first-order valence-corrected chi connectivity index (χ1v) is 9.84. The Labute approximate surface area is 174 Å². The highest BCUT2D eigenvalue weighted by Crippen LogP contribution is 2.24. The third-order valence-corrected chi connectivity index (χ3v) is 4.86. The molecule has 1 N–H and O–H groups in total. The smallest absolute Gasteiger partial charge is 0.243 e. The lowest BCUT2D eigenvalue weighted by Gasteiger charge is -2.07. The Kier molecular flexibility index (Phi) is 5.32. The zero-order valence-electron chi connectivity index (χ0n) is 16.5. The molecule has 2 aromatic heterocycles. The number of fused-ring (bicyclic) bond motifs is 1. The fourth-order valence-electron chi connectivity index (χ4n) is 3.17. The van der Waals surface area contributed by atoms with E-state index in [1.165, 1.54) is 5.56 Å². The van der Waals surface area contributed by atoms with Crippen LogP contribution in [0.4, 0.5) is 5.95 Å². The van der Waals surface area contributed by atoms with Gasteiger partial charge in [0, 0.05) is 33.4 Å². The molecule has 0 atom stereocenters. The van der Waals surface area contributed by atoms with Crippen LogP contribution >= 0.6 is 11.6 Å². The standard InChI is InChI=1S/C23H21ClN4O/c1-4-16-5-10-21-19(12-16)20(27-28-23-25-14(2)11-15(3)26-23)13-22(29-21)17-6-8-18(24)9-7-17/h5-13H,4H2,1-3H3,(H,25,26,28). The predicted molar refractivity (Wildman–Crippen MR) is 117 cm³/mol. The number of rotatable bonds is 4. The Morgan fingerprint density at radius 3 is 2.38 bits per heavy atom. The van der Waals surface area contributed by atoms with Crippen molar-refractivity contribution >= 4 is 28.5 Å². The van der Waals surface area contributed by atoms with Crippen molar-refractivity contribution in [2.75, 3.05) is 5.43 Å². The molecule has 0 aliphatic heterocycles. The molecule has 0 bridgehead atoms. The quantitative estimate of drug-likeness (QED) is 0.446. The van der Waals surface area contributed by atoms with Gasteiger partial charge in [-0.3, -0.25) is 0 Å². The van der Waals surface area contributed by atoms with E-state index in [2.05, 4.69) is 39.6 Å². The van der Waals surface area contributed by atoms with Crippen LogP contribution in [0, 0.1) is 13.8 Å². The van der Waals surface area contributed by atoms with Crippen LogP contribution in [0.15, 0.2) is 64.1 Å².